The van der Waals surface area contributed by atoms with Crippen LogP contribution in [0.5, 0.6) is 17.2 Å². The zero-order valence-corrected chi connectivity index (χ0v) is 17.9. The lowest BCUT2D eigenvalue weighted by molar-refractivity contribution is -0.111. The number of sulfonamides is 1. The van der Waals surface area contributed by atoms with Crippen molar-refractivity contribution in [3.05, 3.63) is 66.3 Å². The quantitative estimate of drug-likeness (QED) is 0.455. The lowest BCUT2D eigenvalue weighted by Gasteiger charge is -2.20. The van der Waals surface area contributed by atoms with Crippen LogP contribution in [0.1, 0.15) is 11.1 Å². The Bertz CT molecular complexity index is 1060. The smallest absolute Gasteiger partial charge is 0.248 e. The van der Waals surface area contributed by atoms with E-state index in [1.54, 1.807) is 42.5 Å². The van der Waals surface area contributed by atoms with Gasteiger partial charge in [0.25, 0.3) is 0 Å². The molecule has 0 aliphatic carbocycles. The molecule has 0 atom stereocenters. The highest BCUT2D eigenvalue weighted by molar-refractivity contribution is 7.88. The van der Waals surface area contributed by atoms with E-state index >= 15 is 0 Å². The molecular formula is C22H24N2O6S. The minimum atomic E-state index is -3.43. The molecule has 1 heterocycles. The molecule has 0 saturated carbocycles. The van der Waals surface area contributed by atoms with E-state index in [1.807, 2.05) is 0 Å². The third-order valence-corrected chi connectivity index (χ3v) is 5.62. The van der Waals surface area contributed by atoms with Gasteiger partial charge in [-0.3, -0.25) is 4.79 Å². The fourth-order valence-corrected chi connectivity index (χ4v) is 3.99. The third-order valence-electron chi connectivity index (χ3n) is 4.30. The molecule has 0 saturated heterocycles. The first-order chi connectivity index (χ1) is 14.9. The average Bonchev–Trinajstić information content (AvgIpc) is 2.77. The van der Waals surface area contributed by atoms with Crippen LogP contribution in [0.25, 0.3) is 6.08 Å². The van der Waals surface area contributed by atoms with Crippen molar-refractivity contribution in [2.24, 2.45) is 0 Å². The maximum atomic E-state index is 12.3. The Kier molecular flexibility index (Phi) is 7.32. The molecule has 31 heavy (non-hydrogen) atoms. The molecule has 1 aliphatic rings. The average molecular weight is 445 g/mol. The number of hydrogen-bond acceptors (Lipinski definition) is 6. The van der Waals surface area contributed by atoms with Crippen LogP contribution >= 0.6 is 0 Å². The van der Waals surface area contributed by atoms with Gasteiger partial charge in [-0.25, -0.2) is 13.1 Å². The fourth-order valence-electron chi connectivity index (χ4n) is 2.89. The maximum absolute atomic E-state index is 12.3. The Morgan fingerprint density at radius 3 is 2.65 bits per heavy atom. The SMILES string of the molecule is C=CCNS(=O)(=O)Cc1ccc(NC(=O)/C=C/c2cc(OC)c3c(c2)OCCO3)cc1. The summed E-state index contributed by atoms with van der Waals surface area (Å²) in [6.07, 6.45) is 4.51. The normalized spacial score (nSPS) is 13.1. The number of ether oxygens (including phenoxy) is 3. The summed E-state index contributed by atoms with van der Waals surface area (Å²) >= 11 is 0. The van der Waals surface area contributed by atoms with Crippen molar-refractivity contribution in [3.63, 3.8) is 0 Å². The number of hydrogen-bond donors (Lipinski definition) is 2. The van der Waals surface area contributed by atoms with Gasteiger partial charge in [-0.15, -0.1) is 6.58 Å². The topological polar surface area (TPSA) is 103 Å². The highest BCUT2D eigenvalue weighted by Crippen LogP contribution is 2.40. The molecule has 2 aromatic rings. The van der Waals surface area contributed by atoms with Crippen molar-refractivity contribution in [2.75, 3.05) is 32.2 Å². The first kappa shape index (κ1) is 22.4. The highest BCUT2D eigenvalue weighted by atomic mass is 32.2. The minimum absolute atomic E-state index is 0.152. The number of fused-ring (bicyclic) bond motifs is 1. The lowest BCUT2D eigenvalue weighted by Crippen LogP contribution is -2.25. The van der Waals surface area contributed by atoms with E-state index in [1.165, 1.54) is 19.3 Å². The second-order valence-electron chi connectivity index (χ2n) is 6.66. The minimum Gasteiger partial charge on any atom is -0.493 e. The summed E-state index contributed by atoms with van der Waals surface area (Å²) in [5.74, 6) is 1.17. The predicted octanol–water partition coefficient (Wildman–Crippen LogP) is 2.72. The Balaban J connectivity index is 1.62. The molecule has 0 unspecified atom stereocenters. The number of anilines is 1. The van der Waals surface area contributed by atoms with Gasteiger partial charge in [0.05, 0.1) is 12.9 Å². The van der Waals surface area contributed by atoms with Gasteiger partial charge in [-0.1, -0.05) is 18.2 Å². The van der Waals surface area contributed by atoms with Gasteiger partial charge >= 0.3 is 0 Å². The van der Waals surface area contributed by atoms with Crippen molar-refractivity contribution in [1.29, 1.82) is 0 Å². The lowest BCUT2D eigenvalue weighted by atomic mass is 10.1. The number of benzene rings is 2. The monoisotopic (exact) mass is 444 g/mol. The number of carbonyl (C=O) groups excluding carboxylic acids is 1. The zero-order valence-electron chi connectivity index (χ0n) is 17.1. The maximum Gasteiger partial charge on any atom is 0.248 e. The Morgan fingerprint density at radius 2 is 1.94 bits per heavy atom. The molecule has 1 aliphatic heterocycles. The third kappa shape index (κ3) is 6.34. The summed E-state index contributed by atoms with van der Waals surface area (Å²) in [6.45, 7) is 4.57. The molecule has 2 N–H and O–H groups in total. The van der Waals surface area contributed by atoms with E-state index in [-0.39, 0.29) is 18.2 Å². The van der Waals surface area contributed by atoms with Crippen LogP contribution in [0.4, 0.5) is 5.69 Å². The molecule has 0 fully saturated rings. The standard InChI is InChI=1S/C22H24N2O6S/c1-3-10-23-31(26,27)15-16-4-7-18(8-5-16)24-21(25)9-6-17-13-19(28-2)22-20(14-17)29-11-12-30-22/h3-9,13-14,23H,1,10-12,15H2,2H3,(H,24,25)/b9-6+. The second kappa shape index (κ2) is 10.1. The van der Waals surface area contributed by atoms with Crippen LogP contribution < -0.4 is 24.2 Å². The number of methoxy groups -OCH3 is 1. The molecule has 8 nitrogen and oxygen atoms in total. The molecule has 2 aromatic carbocycles. The summed E-state index contributed by atoms with van der Waals surface area (Å²) in [6, 6.07) is 10.1. The summed E-state index contributed by atoms with van der Waals surface area (Å²) in [7, 11) is -1.89. The first-order valence-corrected chi connectivity index (χ1v) is 11.2. The molecule has 0 aromatic heterocycles. The Hall–Kier alpha value is -3.30. The summed E-state index contributed by atoms with van der Waals surface area (Å²) in [5, 5.41) is 2.74. The van der Waals surface area contributed by atoms with Gasteiger partial charge in [0.15, 0.2) is 11.5 Å². The van der Waals surface area contributed by atoms with Crippen LogP contribution in [-0.2, 0) is 20.6 Å². The predicted molar refractivity (Wildman–Crippen MR) is 119 cm³/mol. The number of carbonyl (C=O) groups is 1. The fraction of sp³-hybridized carbons (Fsp3) is 0.227. The molecule has 0 radical (unpaired) electrons. The summed E-state index contributed by atoms with van der Waals surface area (Å²) in [4.78, 5) is 12.3. The Labute approximate surface area is 181 Å². The van der Waals surface area contributed by atoms with E-state index in [2.05, 4.69) is 16.6 Å². The first-order valence-electron chi connectivity index (χ1n) is 9.54. The van der Waals surface area contributed by atoms with Gasteiger partial charge in [0.2, 0.25) is 21.7 Å². The molecule has 3 rings (SSSR count). The summed E-state index contributed by atoms with van der Waals surface area (Å²) in [5.41, 5.74) is 1.88. The number of amides is 1. The summed E-state index contributed by atoms with van der Waals surface area (Å²) < 4.78 is 42.7. The van der Waals surface area contributed by atoms with Crippen LogP contribution in [0.3, 0.4) is 0 Å². The van der Waals surface area contributed by atoms with Crippen molar-refractivity contribution in [3.8, 4) is 17.2 Å². The molecule has 1 amide bonds. The molecule has 164 valence electrons. The molecule has 9 heteroatoms. The zero-order chi connectivity index (χ0) is 22.3. The highest BCUT2D eigenvalue weighted by Gasteiger charge is 2.17. The van der Waals surface area contributed by atoms with E-state index in [0.29, 0.717) is 41.7 Å². The van der Waals surface area contributed by atoms with E-state index < -0.39 is 10.0 Å². The van der Waals surface area contributed by atoms with Gasteiger partial charge < -0.3 is 19.5 Å². The second-order valence-corrected chi connectivity index (χ2v) is 8.47. The van der Waals surface area contributed by atoms with Crippen LogP contribution in [0.15, 0.2) is 55.1 Å². The van der Waals surface area contributed by atoms with Crippen molar-refractivity contribution < 1.29 is 27.4 Å². The van der Waals surface area contributed by atoms with Crippen molar-refractivity contribution >= 4 is 27.7 Å². The molecule has 0 spiro atoms. The van der Waals surface area contributed by atoms with Crippen molar-refractivity contribution in [1.82, 2.24) is 4.72 Å². The van der Waals surface area contributed by atoms with E-state index in [4.69, 9.17) is 14.2 Å². The molecular weight excluding hydrogens is 420 g/mol. The van der Waals surface area contributed by atoms with Crippen molar-refractivity contribution in [2.45, 2.75) is 5.75 Å². The van der Waals surface area contributed by atoms with Gasteiger partial charge in [0, 0.05) is 18.3 Å². The number of rotatable bonds is 9. The van der Waals surface area contributed by atoms with Gasteiger partial charge in [-0.2, -0.15) is 0 Å². The number of nitrogens with one attached hydrogen (secondary N) is 2. The Morgan fingerprint density at radius 1 is 1.19 bits per heavy atom. The van der Waals surface area contributed by atoms with Crippen LogP contribution in [0, 0.1) is 0 Å². The van der Waals surface area contributed by atoms with Gasteiger partial charge in [0.1, 0.15) is 13.2 Å². The molecule has 0 bridgehead atoms. The van der Waals surface area contributed by atoms with E-state index in [0.717, 1.165) is 5.56 Å². The van der Waals surface area contributed by atoms with Crippen LogP contribution in [0.2, 0.25) is 0 Å². The van der Waals surface area contributed by atoms with Crippen LogP contribution in [-0.4, -0.2) is 41.2 Å². The largest absolute Gasteiger partial charge is 0.493 e. The van der Waals surface area contributed by atoms with Gasteiger partial charge in [-0.05, 0) is 41.5 Å². The van der Waals surface area contributed by atoms with E-state index in [9.17, 15) is 13.2 Å².